The first-order valence-electron chi connectivity index (χ1n) is 6.30. The van der Waals surface area contributed by atoms with Crippen LogP contribution < -0.4 is 0 Å². The Labute approximate surface area is 106 Å². The molecule has 1 unspecified atom stereocenters. The second-order valence-electron chi connectivity index (χ2n) is 4.46. The molecular formula is C13H17N3S. The van der Waals surface area contributed by atoms with Gasteiger partial charge in [0.2, 0.25) is 0 Å². The Morgan fingerprint density at radius 3 is 3.24 bits per heavy atom. The number of nitrogens with zero attached hydrogens (tertiary/aromatic N) is 3. The molecule has 0 radical (unpaired) electrons. The SMILES string of the molecule is CCn1c(CC2CCCS2)nc2cccnc21. The third-order valence-electron chi connectivity index (χ3n) is 3.33. The van der Waals surface area contributed by atoms with Crippen molar-refractivity contribution in [2.24, 2.45) is 0 Å². The topological polar surface area (TPSA) is 30.7 Å². The average molecular weight is 247 g/mol. The van der Waals surface area contributed by atoms with Crippen molar-refractivity contribution >= 4 is 22.9 Å². The van der Waals surface area contributed by atoms with Crippen LogP contribution in [0.3, 0.4) is 0 Å². The third kappa shape index (κ3) is 2.06. The summed E-state index contributed by atoms with van der Waals surface area (Å²) in [5, 5.41) is 0.761. The summed E-state index contributed by atoms with van der Waals surface area (Å²) >= 11 is 2.09. The second kappa shape index (κ2) is 4.69. The van der Waals surface area contributed by atoms with Gasteiger partial charge < -0.3 is 4.57 Å². The number of imidazole rings is 1. The van der Waals surface area contributed by atoms with E-state index in [9.17, 15) is 0 Å². The molecule has 0 saturated carbocycles. The van der Waals surface area contributed by atoms with E-state index in [-0.39, 0.29) is 0 Å². The molecule has 90 valence electrons. The number of aromatic nitrogens is 3. The molecule has 1 aliphatic rings. The molecule has 4 heteroatoms. The lowest BCUT2D eigenvalue weighted by Gasteiger charge is -2.09. The first-order valence-corrected chi connectivity index (χ1v) is 7.35. The zero-order valence-electron chi connectivity index (χ0n) is 10.1. The Hall–Kier alpha value is -1.03. The van der Waals surface area contributed by atoms with Gasteiger partial charge in [0.05, 0.1) is 0 Å². The highest BCUT2D eigenvalue weighted by Gasteiger charge is 2.19. The van der Waals surface area contributed by atoms with Crippen molar-refractivity contribution in [1.29, 1.82) is 0 Å². The monoisotopic (exact) mass is 247 g/mol. The van der Waals surface area contributed by atoms with Gasteiger partial charge in [-0.05, 0) is 37.7 Å². The molecule has 0 bridgehead atoms. The number of pyridine rings is 1. The lowest BCUT2D eigenvalue weighted by atomic mass is 10.2. The smallest absolute Gasteiger partial charge is 0.159 e. The molecule has 1 atom stereocenters. The van der Waals surface area contributed by atoms with E-state index >= 15 is 0 Å². The fraction of sp³-hybridized carbons (Fsp3) is 0.538. The molecule has 1 fully saturated rings. The minimum Gasteiger partial charge on any atom is -0.313 e. The van der Waals surface area contributed by atoms with Gasteiger partial charge in [0, 0.05) is 24.4 Å². The second-order valence-corrected chi connectivity index (χ2v) is 5.87. The van der Waals surface area contributed by atoms with Crippen LogP contribution in [0.5, 0.6) is 0 Å². The standard InChI is InChI=1S/C13H17N3S/c1-2-16-12(9-10-5-4-8-17-10)15-11-6-3-7-14-13(11)16/h3,6-7,10H,2,4-5,8-9H2,1H3. The number of hydrogen-bond acceptors (Lipinski definition) is 3. The Bertz CT molecular complexity index is 514. The Balaban J connectivity index is 1.96. The first kappa shape index (κ1) is 11.1. The molecule has 2 aromatic heterocycles. The van der Waals surface area contributed by atoms with Crippen LogP contribution in [-0.2, 0) is 13.0 Å². The number of rotatable bonds is 3. The lowest BCUT2D eigenvalue weighted by molar-refractivity contribution is 0.674. The highest BCUT2D eigenvalue weighted by Crippen LogP contribution is 2.29. The zero-order valence-corrected chi connectivity index (χ0v) is 10.9. The molecular weight excluding hydrogens is 230 g/mol. The number of thioether (sulfide) groups is 1. The first-order chi connectivity index (χ1) is 8.38. The zero-order chi connectivity index (χ0) is 11.7. The summed E-state index contributed by atoms with van der Waals surface area (Å²) in [6.45, 7) is 3.13. The predicted octanol–water partition coefficient (Wildman–Crippen LogP) is 2.89. The van der Waals surface area contributed by atoms with Crippen LogP contribution in [0.1, 0.15) is 25.6 Å². The Kier molecular flexibility index (Phi) is 3.05. The molecule has 0 aromatic carbocycles. The Morgan fingerprint density at radius 1 is 1.53 bits per heavy atom. The highest BCUT2D eigenvalue weighted by atomic mass is 32.2. The molecule has 1 aliphatic heterocycles. The molecule has 3 rings (SSSR count). The van der Waals surface area contributed by atoms with Crippen molar-refractivity contribution in [2.75, 3.05) is 5.75 Å². The fourth-order valence-electron chi connectivity index (χ4n) is 2.50. The quantitative estimate of drug-likeness (QED) is 0.835. The number of fused-ring (bicyclic) bond motifs is 1. The normalized spacial score (nSPS) is 20.2. The number of hydrogen-bond donors (Lipinski definition) is 0. The van der Waals surface area contributed by atoms with E-state index in [2.05, 4.69) is 34.3 Å². The van der Waals surface area contributed by atoms with E-state index in [4.69, 9.17) is 4.98 Å². The summed E-state index contributed by atoms with van der Waals surface area (Å²) in [5.74, 6) is 2.52. The van der Waals surface area contributed by atoms with Crippen LogP contribution in [0.25, 0.3) is 11.2 Å². The van der Waals surface area contributed by atoms with Gasteiger partial charge >= 0.3 is 0 Å². The summed E-state index contributed by atoms with van der Waals surface area (Å²) in [4.78, 5) is 9.18. The summed E-state index contributed by atoms with van der Waals surface area (Å²) in [6, 6.07) is 4.02. The van der Waals surface area contributed by atoms with Crippen LogP contribution in [0, 0.1) is 0 Å². The van der Waals surface area contributed by atoms with E-state index in [0.717, 1.165) is 29.4 Å². The highest BCUT2D eigenvalue weighted by molar-refractivity contribution is 8.00. The molecule has 1 saturated heterocycles. The van der Waals surface area contributed by atoms with Gasteiger partial charge in [0.1, 0.15) is 11.3 Å². The molecule has 17 heavy (non-hydrogen) atoms. The molecule has 0 amide bonds. The minimum absolute atomic E-state index is 0.761. The molecule has 3 heterocycles. The van der Waals surface area contributed by atoms with Crippen LogP contribution in [-0.4, -0.2) is 25.5 Å². The maximum Gasteiger partial charge on any atom is 0.159 e. The molecule has 3 nitrogen and oxygen atoms in total. The van der Waals surface area contributed by atoms with E-state index in [1.165, 1.54) is 24.4 Å². The molecule has 0 N–H and O–H groups in total. The summed E-state index contributed by atoms with van der Waals surface area (Å²) in [7, 11) is 0. The Morgan fingerprint density at radius 2 is 2.47 bits per heavy atom. The summed E-state index contributed by atoms with van der Waals surface area (Å²) in [6.07, 6.45) is 5.64. The van der Waals surface area contributed by atoms with Crippen LogP contribution >= 0.6 is 11.8 Å². The number of aryl methyl sites for hydroxylation is 1. The maximum absolute atomic E-state index is 4.73. The molecule has 0 aliphatic carbocycles. The lowest BCUT2D eigenvalue weighted by Crippen LogP contribution is -2.09. The van der Waals surface area contributed by atoms with Crippen molar-refractivity contribution in [3.8, 4) is 0 Å². The average Bonchev–Trinajstić information content (AvgIpc) is 2.96. The van der Waals surface area contributed by atoms with Gasteiger partial charge in [0.25, 0.3) is 0 Å². The largest absolute Gasteiger partial charge is 0.313 e. The van der Waals surface area contributed by atoms with Gasteiger partial charge in [-0.1, -0.05) is 0 Å². The molecule has 2 aromatic rings. The summed E-state index contributed by atoms with van der Waals surface area (Å²) in [5.41, 5.74) is 2.07. The third-order valence-corrected chi connectivity index (χ3v) is 4.73. The van der Waals surface area contributed by atoms with E-state index in [0.29, 0.717) is 0 Å². The fourth-order valence-corrected chi connectivity index (χ4v) is 3.77. The maximum atomic E-state index is 4.73. The van der Waals surface area contributed by atoms with E-state index in [1.54, 1.807) is 0 Å². The van der Waals surface area contributed by atoms with E-state index < -0.39 is 0 Å². The minimum atomic E-state index is 0.761. The van der Waals surface area contributed by atoms with Crippen LogP contribution in [0.15, 0.2) is 18.3 Å². The van der Waals surface area contributed by atoms with Gasteiger partial charge in [-0.25, -0.2) is 9.97 Å². The van der Waals surface area contributed by atoms with Crippen molar-refractivity contribution in [3.63, 3.8) is 0 Å². The van der Waals surface area contributed by atoms with E-state index in [1.807, 2.05) is 12.3 Å². The van der Waals surface area contributed by atoms with Crippen molar-refractivity contribution in [2.45, 2.75) is 38.0 Å². The van der Waals surface area contributed by atoms with Crippen LogP contribution in [0.2, 0.25) is 0 Å². The summed E-state index contributed by atoms with van der Waals surface area (Å²) < 4.78 is 2.26. The van der Waals surface area contributed by atoms with Crippen molar-refractivity contribution in [3.05, 3.63) is 24.2 Å². The van der Waals surface area contributed by atoms with Gasteiger partial charge in [-0.2, -0.15) is 11.8 Å². The van der Waals surface area contributed by atoms with Gasteiger partial charge in [-0.15, -0.1) is 0 Å². The van der Waals surface area contributed by atoms with Gasteiger partial charge in [-0.3, -0.25) is 0 Å². The van der Waals surface area contributed by atoms with Gasteiger partial charge in [0.15, 0.2) is 5.65 Å². The van der Waals surface area contributed by atoms with Crippen molar-refractivity contribution < 1.29 is 0 Å². The predicted molar refractivity (Wildman–Crippen MR) is 72.4 cm³/mol. The van der Waals surface area contributed by atoms with Crippen LogP contribution in [0.4, 0.5) is 0 Å². The van der Waals surface area contributed by atoms with Crippen molar-refractivity contribution in [1.82, 2.24) is 14.5 Å². The molecule has 0 spiro atoms.